The van der Waals surface area contributed by atoms with E-state index in [0.29, 0.717) is 46.1 Å². The van der Waals surface area contributed by atoms with Gasteiger partial charge in [-0.2, -0.15) is 5.26 Å². The van der Waals surface area contributed by atoms with Gasteiger partial charge < -0.3 is 20.9 Å². The van der Waals surface area contributed by atoms with Gasteiger partial charge in [0, 0.05) is 54.7 Å². The van der Waals surface area contributed by atoms with E-state index < -0.39 is 0 Å². The number of nitriles is 1. The average molecular weight is 518 g/mol. The van der Waals surface area contributed by atoms with Gasteiger partial charge in [0.1, 0.15) is 0 Å². The van der Waals surface area contributed by atoms with Crippen molar-refractivity contribution in [2.24, 2.45) is 11.1 Å². The van der Waals surface area contributed by atoms with Gasteiger partial charge in [0.15, 0.2) is 0 Å². The standard InChI is InChI=1S/C29H32ClN5O2/c1-29(2,18-32)19-35(28(37)22-7-5-20(16-31)6-8-22)17-23-15-24(11-14-26(23)30)33-27(36)21-9-12-25(13-10-21)34(3)4/h5-15H,17-19,32H2,1-4H3,(H,33,36). The smallest absolute Gasteiger partial charge is 0.255 e. The van der Waals surface area contributed by atoms with Crippen LogP contribution in [0.3, 0.4) is 0 Å². The molecule has 3 aromatic carbocycles. The number of halogens is 1. The summed E-state index contributed by atoms with van der Waals surface area (Å²) in [4.78, 5) is 29.9. The molecule has 0 bridgehead atoms. The summed E-state index contributed by atoms with van der Waals surface area (Å²) >= 11 is 6.52. The molecule has 0 heterocycles. The van der Waals surface area contributed by atoms with Crippen LogP contribution in [0.25, 0.3) is 0 Å². The Bertz CT molecular complexity index is 1300. The lowest BCUT2D eigenvalue weighted by molar-refractivity contribution is 0.0673. The molecule has 0 aliphatic heterocycles. The molecule has 2 amide bonds. The summed E-state index contributed by atoms with van der Waals surface area (Å²) in [5.74, 6) is -0.439. The quantitative estimate of drug-likeness (QED) is 0.408. The first kappa shape index (κ1) is 27.7. The number of nitrogens with one attached hydrogen (secondary N) is 1. The fraction of sp³-hybridized carbons (Fsp3) is 0.276. The van der Waals surface area contributed by atoms with Crippen LogP contribution in [0.5, 0.6) is 0 Å². The third kappa shape index (κ3) is 7.32. The van der Waals surface area contributed by atoms with Gasteiger partial charge in [-0.1, -0.05) is 25.4 Å². The van der Waals surface area contributed by atoms with E-state index in [0.717, 1.165) is 5.69 Å². The van der Waals surface area contributed by atoms with Crippen molar-refractivity contribution in [3.8, 4) is 6.07 Å². The molecule has 8 heteroatoms. The topological polar surface area (TPSA) is 102 Å². The lowest BCUT2D eigenvalue weighted by atomic mass is 9.92. The Morgan fingerprint density at radius 1 is 1.00 bits per heavy atom. The molecule has 0 radical (unpaired) electrons. The second-order valence-electron chi connectivity index (χ2n) is 9.92. The molecule has 0 saturated carbocycles. The monoisotopic (exact) mass is 517 g/mol. The Morgan fingerprint density at radius 2 is 1.62 bits per heavy atom. The summed E-state index contributed by atoms with van der Waals surface area (Å²) in [6.45, 7) is 4.99. The number of carbonyl (C=O) groups excluding carboxylic acids is 2. The summed E-state index contributed by atoms with van der Waals surface area (Å²) in [5, 5.41) is 12.5. The summed E-state index contributed by atoms with van der Waals surface area (Å²) in [6.07, 6.45) is 0. The van der Waals surface area contributed by atoms with Gasteiger partial charge >= 0.3 is 0 Å². The Morgan fingerprint density at radius 3 is 2.19 bits per heavy atom. The van der Waals surface area contributed by atoms with E-state index >= 15 is 0 Å². The molecule has 37 heavy (non-hydrogen) atoms. The summed E-state index contributed by atoms with van der Waals surface area (Å²) in [5.41, 5.74) is 9.37. The third-order valence-electron chi connectivity index (χ3n) is 6.03. The minimum atomic E-state index is -0.334. The highest BCUT2D eigenvalue weighted by molar-refractivity contribution is 6.31. The fourth-order valence-electron chi connectivity index (χ4n) is 3.74. The maximum atomic E-state index is 13.5. The Kier molecular flexibility index (Phi) is 8.93. The van der Waals surface area contributed by atoms with Crippen LogP contribution in [0.1, 0.15) is 45.7 Å². The van der Waals surface area contributed by atoms with Crippen LogP contribution in [-0.2, 0) is 6.54 Å². The Hall–Kier alpha value is -3.86. The number of nitrogens with two attached hydrogens (primary N) is 1. The number of amides is 2. The first-order valence-electron chi connectivity index (χ1n) is 11.9. The van der Waals surface area contributed by atoms with Gasteiger partial charge in [0.2, 0.25) is 0 Å². The average Bonchev–Trinajstić information content (AvgIpc) is 2.89. The lowest BCUT2D eigenvalue weighted by Gasteiger charge is -2.32. The van der Waals surface area contributed by atoms with Gasteiger partial charge in [-0.05, 0) is 84.3 Å². The van der Waals surface area contributed by atoms with Crippen molar-refractivity contribution in [2.75, 3.05) is 37.4 Å². The lowest BCUT2D eigenvalue weighted by Crippen LogP contribution is -2.41. The Balaban J connectivity index is 1.84. The molecule has 0 spiro atoms. The summed E-state index contributed by atoms with van der Waals surface area (Å²) in [6, 6.07) is 21.1. The minimum Gasteiger partial charge on any atom is -0.378 e. The number of hydrogen-bond acceptors (Lipinski definition) is 5. The van der Waals surface area contributed by atoms with Crippen molar-refractivity contribution in [2.45, 2.75) is 20.4 Å². The van der Waals surface area contributed by atoms with Gasteiger partial charge in [-0.15, -0.1) is 0 Å². The van der Waals surface area contributed by atoms with Crippen molar-refractivity contribution in [1.82, 2.24) is 4.90 Å². The second-order valence-corrected chi connectivity index (χ2v) is 10.3. The molecule has 3 N–H and O–H groups in total. The maximum absolute atomic E-state index is 13.5. The molecule has 7 nitrogen and oxygen atoms in total. The van der Waals surface area contributed by atoms with Crippen LogP contribution in [0.15, 0.2) is 66.7 Å². The molecular formula is C29H32ClN5O2. The number of carbonyl (C=O) groups is 2. The largest absolute Gasteiger partial charge is 0.378 e. The molecule has 0 atom stereocenters. The van der Waals surface area contributed by atoms with E-state index in [1.54, 1.807) is 59.5 Å². The van der Waals surface area contributed by atoms with Gasteiger partial charge in [0.25, 0.3) is 11.8 Å². The van der Waals surface area contributed by atoms with Crippen LogP contribution in [0.2, 0.25) is 5.02 Å². The van der Waals surface area contributed by atoms with Crippen molar-refractivity contribution in [1.29, 1.82) is 5.26 Å². The van der Waals surface area contributed by atoms with Crippen LogP contribution in [0, 0.1) is 16.7 Å². The van der Waals surface area contributed by atoms with E-state index in [-0.39, 0.29) is 23.8 Å². The summed E-state index contributed by atoms with van der Waals surface area (Å²) < 4.78 is 0. The van der Waals surface area contributed by atoms with E-state index in [1.807, 2.05) is 45.0 Å². The Labute approximate surface area is 223 Å². The van der Waals surface area contributed by atoms with Crippen LogP contribution >= 0.6 is 11.6 Å². The molecule has 3 rings (SSSR count). The number of anilines is 2. The third-order valence-corrected chi connectivity index (χ3v) is 6.40. The van der Waals surface area contributed by atoms with E-state index in [2.05, 4.69) is 11.4 Å². The zero-order chi connectivity index (χ0) is 27.2. The molecule has 0 aliphatic rings. The van der Waals surface area contributed by atoms with Crippen LogP contribution in [-0.4, -0.2) is 43.9 Å². The zero-order valence-electron chi connectivity index (χ0n) is 21.6. The normalized spacial score (nSPS) is 10.9. The fourth-order valence-corrected chi connectivity index (χ4v) is 3.92. The first-order chi connectivity index (χ1) is 17.5. The van der Waals surface area contributed by atoms with Crippen LogP contribution in [0.4, 0.5) is 11.4 Å². The number of benzene rings is 3. The van der Waals surface area contributed by atoms with Gasteiger partial charge in [0.05, 0.1) is 11.6 Å². The van der Waals surface area contributed by atoms with Gasteiger partial charge in [-0.25, -0.2) is 0 Å². The molecule has 192 valence electrons. The van der Waals surface area contributed by atoms with E-state index in [4.69, 9.17) is 22.6 Å². The van der Waals surface area contributed by atoms with Crippen molar-refractivity contribution in [3.05, 3.63) is 94.0 Å². The molecular weight excluding hydrogens is 486 g/mol. The predicted octanol–water partition coefficient (Wildman–Crippen LogP) is 5.16. The highest BCUT2D eigenvalue weighted by Gasteiger charge is 2.25. The zero-order valence-corrected chi connectivity index (χ0v) is 22.3. The molecule has 0 fully saturated rings. The number of hydrogen-bond donors (Lipinski definition) is 2. The molecule has 3 aromatic rings. The van der Waals surface area contributed by atoms with Crippen molar-refractivity contribution < 1.29 is 9.59 Å². The summed E-state index contributed by atoms with van der Waals surface area (Å²) in [7, 11) is 3.88. The SMILES string of the molecule is CN(C)c1ccc(C(=O)Nc2ccc(Cl)c(CN(CC(C)(C)CN)C(=O)c3ccc(C#N)cc3)c2)cc1. The minimum absolute atomic E-state index is 0.197. The molecule has 0 saturated heterocycles. The predicted molar refractivity (Wildman–Crippen MR) is 149 cm³/mol. The maximum Gasteiger partial charge on any atom is 0.255 e. The van der Waals surface area contributed by atoms with Crippen molar-refractivity contribution in [3.63, 3.8) is 0 Å². The molecule has 0 unspecified atom stereocenters. The highest BCUT2D eigenvalue weighted by Crippen LogP contribution is 2.26. The number of rotatable bonds is 9. The van der Waals surface area contributed by atoms with E-state index in [9.17, 15) is 9.59 Å². The van der Waals surface area contributed by atoms with Crippen molar-refractivity contribution >= 4 is 34.8 Å². The van der Waals surface area contributed by atoms with Gasteiger partial charge in [-0.3, -0.25) is 9.59 Å². The molecule has 0 aliphatic carbocycles. The second kappa shape index (κ2) is 11.9. The van der Waals surface area contributed by atoms with Crippen LogP contribution < -0.4 is 16.0 Å². The molecule has 0 aromatic heterocycles. The highest BCUT2D eigenvalue weighted by atomic mass is 35.5. The number of nitrogens with zero attached hydrogens (tertiary/aromatic N) is 3. The van der Waals surface area contributed by atoms with E-state index in [1.165, 1.54) is 0 Å². The first-order valence-corrected chi connectivity index (χ1v) is 12.3.